The predicted molar refractivity (Wildman–Crippen MR) is 69.4 cm³/mol. The molecule has 5 nitrogen and oxygen atoms in total. The molecule has 1 saturated carbocycles. The Labute approximate surface area is 106 Å². The second-order valence-electron chi connectivity index (χ2n) is 4.92. The second kappa shape index (κ2) is 4.94. The molecule has 2 atom stereocenters. The van der Waals surface area contributed by atoms with Crippen LogP contribution in [0.5, 0.6) is 0 Å². The maximum atomic E-state index is 9.39. The van der Waals surface area contributed by atoms with Crippen molar-refractivity contribution in [1.82, 2.24) is 14.6 Å². The fourth-order valence-corrected chi connectivity index (χ4v) is 2.67. The van der Waals surface area contributed by atoms with Crippen LogP contribution in [0.1, 0.15) is 25.7 Å². The van der Waals surface area contributed by atoms with Crippen molar-refractivity contribution in [2.75, 3.05) is 11.9 Å². The maximum absolute atomic E-state index is 9.39. The zero-order valence-corrected chi connectivity index (χ0v) is 10.3. The lowest BCUT2D eigenvalue weighted by Crippen LogP contribution is -2.34. The molecule has 2 unspecified atom stereocenters. The summed E-state index contributed by atoms with van der Waals surface area (Å²) in [5.41, 5.74) is 0.844. The highest BCUT2D eigenvalue weighted by molar-refractivity contribution is 5.43. The molecule has 3 rings (SSSR count). The summed E-state index contributed by atoms with van der Waals surface area (Å²) in [7, 11) is 0. The molecule has 18 heavy (non-hydrogen) atoms. The molecule has 0 saturated heterocycles. The van der Waals surface area contributed by atoms with Gasteiger partial charge in [-0.1, -0.05) is 18.9 Å². The van der Waals surface area contributed by atoms with Crippen LogP contribution in [0.2, 0.25) is 0 Å². The fourth-order valence-electron chi connectivity index (χ4n) is 2.67. The van der Waals surface area contributed by atoms with Crippen molar-refractivity contribution in [3.05, 3.63) is 24.4 Å². The van der Waals surface area contributed by atoms with Crippen molar-refractivity contribution in [2.24, 2.45) is 5.92 Å². The molecule has 96 valence electrons. The smallest absolute Gasteiger partial charge is 0.243 e. The molecule has 1 aliphatic rings. The SMILES string of the molecule is OCC1CCCCC1Nc1nc2ccccn2n1. The zero-order chi connectivity index (χ0) is 12.4. The number of hydrogen-bond donors (Lipinski definition) is 2. The van der Waals surface area contributed by atoms with Crippen LogP contribution in [0.3, 0.4) is 0 Å². The quantitative estimate of drug-likeness (QED) is 0.865. The molecule has 2 aromatic heterocycles. The Bertz CT molecular complexity index is 491. The number of aliphatic hydroxyl groups is 1. The first-order chi connectivity index (χ1) is 8.86. The van der Waals surface area contributed by atoms with Crippen LogP contribution in [0.25, 0.3) is 5.65 Å². The van der Waals surface area contributed by atoms with Crippen molar-refractivity contribution in [2.45, 2.75) is 31.7 Å². The summed E-state index contributed by atoms with van der Waals surface area (Å²) >= 11 is 0. The molecule has 0 bridgehead atoms. The van der Waals surface area contributed by atoms with E-state index < -0.39 is 0 Å². The van der Waals surface area contributed by atoms with Gasteiger partial charge in [-0.2, -0.15) is 4.98 Å². The van der Waals surface area contributed by atoms with Gasteiger partial charge in [0.25, 0.3) is 0 Å². The van der Waals surface area contributed by atoms with E-state index >= 15 is 0 Å². The van der Waals surface area contributed by atoms with Gasteiger partial charge in [0.05, 0.1) is 0 Å². The van der Waals surface area contributed by atoms with Gasteiger partial charge in [0.2, 0.25) is 5.95 Å². The molecule has 0 amide bonds. The van der Waals surface area contributed by atoms with Crippen LogP contribution in [0.15, 0.2) is 24.4 Å². The Morgan fingerprint density at radius 2 is 2.22 bits per heavy atom. The molecule has 2 N–H and O–H groups in total. The molecule has 1 aliphatic carbocycles. The third-order valence-electron chi connectivity index (χ3n) is 3.70. The van der Waals surface area contributed by atoms with Crippen molar-refractivity contribution in [3.8, 4) is 0 Å². The summed E-state index contributed by atoms with van der Waals surface area (Å²) in [6.07, 6.45) is 6.48. The molecule has 1 fully saturated rings. The molecule has 0 aliphatic heterocycles. The third kappa shape index (κ3) is 2.18. The summed E-state index contributed by atoms with van der Waals surface area (Å²) in [6.45, 7) is 0.241. The average Bonchev–Trinajstić information content (AvgIpc) is 2.81. The van der Waals surface area contributed by atoms with Crippen LogP contribution in [0, 0.1) is 5.92 Å². The number of anilines is 1. The van der Waals surface area contributed by atoms with E-state index in [-0.39, 0.29) is 6.61 Å². The molecule has 0 spiro atoms. The molecule has 2 heterocycles. The summed E-state index contributed by atoms with van der Waals surface area (Å²) < 4.78 is 1.76. The van der Waals surface area contributed by atoms with Crippen LogP contribution >= 0.6 is 0 Å². The lowest BCUT2D eigenvalue weighted by Gasteiger charge is -2.30. The second-order valence-corrected chi connectivity index (χ2v) is 4.92. The van der Waals surface area contributed by atoms with Crippen molar-refractivity contribution in [3.63, 3.8) is 0 Å². The summed E-state index contributed by atoms with van der Waals surface area (Å²) in [5, 5.41) is 17.1. The number of aromatic nitrogens is 3. The monoisotopic (exact) mass is 246 g/mol. The van der Waals surface area contributed by atoms with Crippen LogP contribution in [-0.2, 0) is 0 Å². The average molecular weight is 246 g/mol. The minimum atomic E-state index is 0.241. The molecule has 5 heteroatoms. The summed E-state index contributed by atoms with van der Waals surface area (Å²) in [6, 6.07) is 6.11. The van der Waals surface area contributed by atoms with E-state index in [0.717, 1.165) is 18.5 Å². The first-order valence-electron chi connectivity index (χ1n) is 6.55. The summed E-state index contributed by atoms with van der Waals surface area (Å²) in [5.74, 6) is 0.983. The van der Waals surface area contributed by atoms with Gasteiger partial charge in [0, 0.05) is 24.8 Å². The standard InChI is InChI=1S/C13H18N4O/c18-9-10-5-1-2-6-11(10)14-13-15-12-7-3-4-8-17(12)16-13/h3-4,7-8,10-11,18H,1-2,5-6,9H2,(H,14,16). The van der Waals surface area contributed by atoms with E-state index in [9.17, 15) is 5.11 Å². The van der Waals surface area contributed by atoms with E-state index in [2.05, 4.69) is 15.4 Å². The lowest BCUT2D eigenvalue weighted by atomic mass is 9.85. The number of nitrogens with one attached hydrogen (secondary N) is 1. The van der Waals surface area contributed by atoms with Crippen molar-refractivity contribution in [1.29, 1.82) is 0 Å². The predicted octanol–water partition coefficient (Wildman–Crippen LogP) is 1.69. The van der Waals surface area contributed by atoms with Gasteiger partial charge in [0.1, 0.15) is 0 Å². The normalized spacial score (nSPS) is 24.3. The van der Waals surface area contributed by atoms with Gasteiger partial charge < -0.3 is 10.4 Å². The van der Waals surface area contributed by atoms with Crippen LogP contribution in [0.4, 0.5) is 5.95 Å². The first-order valence-corrected chi connectivity index (χ1v) is 6.55. The minimum absolute atomic E-state index is 0.241. The minimum Gasteiger partial charge on any atom is -0.396 e. The maximum Gasteiger partial charge on any atom is 0.243 e. The third-order valence-corrected chi connectivity index (χ3v) is 3.70. The highest BCUT2D eigenvalue weighted by atomic mass is 16.3. The lowest BCUT2D eigenvalue weighted by molar-refractivity contribution is 0.178. The van der Waals surface area contributed by atoms with E-state index in [0.29, 0.717) is 17.9 Å². The highest BCUT2D eigenvalue weighted by Crippen LogP contribution is 2.26. The van der Waals surface area contributed by atoms with Gasteiger partial charge >= 0.3 is 0 Å². The Balaban J connectivity index is 1.78. The number of rotatable bonds is 3. The Morgan fingerprint density at radius 3 is 3.06 bits per heavy atom. The van der Waals surface area contributed by atoms with E-state index in [1.807, 2.05) is 24.4 Å². The largest absolute Gasteiger partial charge is 0.396 e. The number of fused-ring (bicyclic) bond motifs is 1. The Kier molecular flexibility index (Phi) is 3.15. The molecular formula is C13H18N4O. The topological polar surface area (TPSA) is 62.5 Å². The van der Waals surface area contributed by atoms with Gasteiger partial charge in [-0.3, -0.25) is 0 Å². The number of nitrogens with zero attached hydrogens (tertiary/aromatic N) is 3. The van der Waals surface area contributed by atoms with Gasteiger partial charge in [-0.25, -0.2) is 4.52 Å². The molecule has 2 aromatic rings. The molecule has 0 radical (unpaired) electrons. The van der Waals surface area contributed by atoms with Crippen LogP contribution in [-0.4, -0.2) is 32.4 Å². The van der Waals surface area contributed by atoms with Crippen molar-refractivity contribution < 1.29 is 5.11 Å². The highest BCUT2D eigenvalue weighted by Gasteiger charge is 2.25. The van der Waals surface area contributed by atoms with Crippen molar-refractivity contribution >= 4 is 11.6 Å². The fraction of sp³-hybridized carbons (Fsp3) is 0.538. The van der Waals surface area contributed by atoms with E-state index in [1.54, 1.807) is 4.52 Å². The van der Waals surface area contributed by atoms with Crippen LogP contribution < -0.4 is 5.32 Å². The zero-order valence-electron chi connectivity index (χ0n) is 10.3. The number of hydrogen-bond acceptors (Lipinski definition) is 4. The van der Waals surface area contributed by atoms with E-state index in [4.69, 9.17) is 0 Å². The van der Waals surface area contributed by atoms with Gasteiger partial charge in [-0.05, 0) is 25.0 Å². The van der Waals surface area contributed by atoms with Gasteiger partial charge in [-0.15, -0.1) is 5.10 Å². The van der Waals surface area contributed by atoms with E-state index in [1.165, 1.54) is 12.8 Å². The molecule has 0 aromatic carbocycles. The first kappa shape index (κ1) is 11.5. The van der Waals surface area contributed by atoms with Gasteiger partial charge in [0.15, 0.2) is 5.65 Å². The Morgan fingerprint density at radius 1 is 1.33 bits per heavy atom. The molecular weight excluding hydrogens is 228 g/mol. The Hall–Kier alpha value is -1.62. The summed E-state index contributed by atoms with van der Waals surface area (Å²) in [4.78, 5) is 4.43. The number of aliphatic hydroxyl groups excluding tert-OH is 1. The number of pyridine rings is 1.